The summed E-state index contributed by atoms with van der Waals surface area (Å²) in [6.45, 7) is 6.20. The molecule has 166 valence electrons. The summed E-state index contributed by atoms with van der Waals surface area (Å²) >= 11 is 0. The normalized spacial score (nSPS) is 20.0. The van der Waals surface area contributed by atoms with Crippen LogP contribution in [0.4, 0.5) is 4.39 Å². The lowest BCUT2D eigenvalue weighted by Gasteiger charge is -2.39. The Morgan fingerprint density at radius 1 is 1.09 bits per heavy atom. The largest absolute Gasteiger partial charge is 0.462 e. The second-order valence-electron chi connectivity index (χ2n) is 9.35. The van der Waals surface area contributed by atoms with Crippen LogP contribution in [0.1, 0.15) is 50.7 Å². The monoisotopic (exact) mass is 433 g/mol. The van der Waals surface area contributed by atoms with Gasteiger partial charge in [-0.3, -0.25) is 4.79 Å². The number of carbonyl (C=O) groups excluding carboxylic acids is 2. The van der Waals surface area contributed by atoms with Gasteiger partial charge in [0.05, 0.1) is 12.2 Å². The molecule has 1 atom stereocenters. The molecule has 4 rings (SSSR count). The molecule has 1 N–H and O–H groups in total. The summed E-state index contributed by atoms with van der Waals surface area (Å²) in [6, 6.07) is 15.8. The number of carbonyl (C=O) groups is 2. The molecule has 0 radical (unpaired) electrons. The number of esters is 1. The Morgan fingerprint density at radius 2 is 1.78 bits per heavy atom. The Morgan fingerprint density at radius 3 is 2.47 bits per heavy atom. The van der Waals surface area contributed by atoms with E-state index in [1.165, 1.54) is 12.1 Å². The topological polar surface area (TPSA) is 55.4 Å². The maximum atomic E-state index is 13.6. The second kappa shape index (κ2) is 8.73. The predicted octanol–water partition coefficient (Wildman–Crippen LogP) is 5.22. The Labute approximate surface area is 188 Å². The van der Waals surface area contributed by atoms with Gasteiger partial charge in [0, 0.05) is 35.7 Å². The van der Waals surface area contributed by atoms with E-state index in [4.69, 9.17) is 4.74 Å². The zero-order chi connectivity index (χ0) is 22.9. The lowest BCUT2D eigenvalue weighted by atomic mass is 9.68. The van der Waals surface area contributed by atoms with E-state index in [1.807, 2.05) is 37.3 Å². The quantitative estimate of drug-likeness (QED) is 0.657. The van der Waals surface area contributed by atoms with E-state index >= 15 is 0 Å². The van der Waals surface area contributed by atoms with Crippen LogP contribution < -0.4 is 5.32 Å². The number of halogens is 1. The van der Waals surface area contributed by atoms with Gasteiger partial charge in [0.15, 0.2) is 5.78 Å². The van der Waals surface area contributed by atoms with E-state index in [-0.39, 0.29) is 23.6 Å². The number of Topliss-reactive ketones (excluding diaryl/α,β-unsaturated/α-hetero) is 1. The van der Waals surface area contributed by atoms with Gasteiger partial charge in [0.25, 0.3) is 0 Å². The number of benzene rings is 2. The highest BCUT2D eigenvalue weighted by atomic mass is 19.1. The van der Waals surface area contributed by atoms with Crippen LogP contribution in [0.2, 0.25) is 0 Å². The fourth-order valence-corrected chi connectivity index (χ4v) is 4.68. The predicted molar refractivity (Wildman–Crippen MR) is 121 cm³/mol. The van der Waals surface area contributed by atoms with Crippen molar-refractivity contribution in [3.63, 3.8) is 0 Å². The lowest BCUT2D eigenvalue weighted by Crippen LogP contribution is -2.38. The number of dihydropyridines is 1. The highest BCUT2D eigenvalue weighted by molar-refractivity contribution is 6.04. The lowest BCUT2D eigenvalue weighted by molar-refractivity contribution is -0.139. The van der Waals surface area contributed by atoms with E-state index in [0.717, 1.165) is 11.3 Å². The van der Waals surface area contributed by atoms with Crippen molar-refractivity contribution in [2.75, 3.05) is 6.61 Å². The van der Waals surface area contributed by atoms with Crippen LogP contribution in [0.5, 0.6) is 0 Å². The van der Waals surface area contributed by atoms with Gasteiger partial charge in [-0.15, -0.1) is 0 Å². The molecule has 0 saturated heterocycles. The summed E-state index contributed by atoms with van der Waals surface area (Å²) < 4.78 is 19.3. The summed E-state index contributed by atoms with van der Waals surface area (Å²) in [4.78, 5) is 26.5. The fraction of sp³-hybridized carbons (Fsp3) is 0.333. The van der Waals surface area contributed by atoms with Crippen LogP contribution in [0, 0.1) is 11.2 Å². The van der Waals surface area contributed by atoms with Gasteiger partial charge in [-0.05, 0) is 42.0 Å². The van der Waals surface area contributed by atoms with Crippen molar-refractivity contribution in [1.29, 1.82) is 0 Å². The van der Waals surface area contributed by atoms with E-state index in [1.54, 1.807) is 12.1 Å². The van der Waals surface area contributed by atoms with Crippen LogP contribution >= 0.6 is 0 Å². The molecule has 0 fully saturated rings. The number of allylic oxidation sites excluding steroid dienone is 3. The van der Waals surface area contributed by atoms with Crippen LogP contribution in [0.25, 0.3) is 0 Å². The zero-order valence-corrected chi connectivity index (χ0v) is 18.7. The van der Waals surface area contributed by atoms with Gasteiger partial charge >= 0.3 is 5.97 Å². The highest BCUT2D eigenvalue weighted by Crippen LogP contribution is 2.46. The maximum absolute atomic E-state index is 13.6. The first-order valence-corrected chi connectivity index (χ1v) is 11.0. The average molecular weight is 434 g/mol. The van der Waals surface area contributed by atoms with Gasteiger partial charge in [-0.25, -0.2) is 9.18 Å². The molecule has 2 aromatic rings. The Bertz CT molecular complexity index is 1100. The molecule has 4 nitrogen and oxygen atoms in total. The zero-order valence-electron chi connectivity index (χ0n) is 18.7. The highest BCUT2D eigenvalue weighted by Gasteiger charge is 2.43. The number of rotatable bonds is 5. The van der Waals surface area contributed by atoms with E-state index < -0.39 is 11.9 Å². The Kier molecular flexibility index (Phi) is 6.00. The molecule has 1 unspecified atom stereocenters. The van der Waals surface area contributed by atoms with Crippen LogP contribution in [-0.4, -0.2) is 18.4 Å². The first-order valence-electron chi connectivity index (χ1n) is 11.0. The molecule has 2 aliphatic rings. The molecule has 32 heavy (non-hydrogen) atoms. The van der Waals surface area contributed by atoms with E-state index in [9.17, 15) is 14.0 Å². The summed E-state index contributed by atoms with van der Waals surface area (Å²) in [5.74, 6) is -1.37. The molecule has 5 heteroatoms. The van der Waals surface area contributed by atoms with E-state index in [0.29, 0.717) is 41.7 Å². The smallest absolute Gasteiger partial charge is 0.336 e. The van der Waals surface area contributed by atoms with Gasteiger partial charge in [0.2, 0.25) is 0 Å². The van der Waals surface area contributed by atoms with Crippen molar-refractivity contribution in [3.8, 4) is 0 Å². The SMILES string of the molecule is CC1=C(C(=O)OCCc2ccccc2)C(c2ccc(F)cc2)C2=C(CC(C)(C)CC2=O)N1. The fourth-order valence-electron chi connectivity index (χ4n) is 4.68. The molecule has 1 heterocycles. The second-order valence-corrected chi connectivity index (χ2v) is 9.35. The van der Waals surface area contributed by atoms with Crippen molar-refractivity contribution in [2.45, 2.75) is 46.0 Å². The standard InChI is InChI=1S/C27H28FNO3/c1-17-23(26(31)32-14-13-18-7-5-4-6-8-18)24(19-9-11-20(28)12-10-19)25-21(29-17)15-27(2,3)16-22(25)30/h4-12,24,29H,13-16H2,1-3H3. The van der Waals surface area contributed by atoms with Gasteiger partial charge in [-0.1, -0.05) is 56.3 Å². The third-order valence-corrected chi connectivity index (χ3v) is 6.13. The number of ketones is 1. The molecular formula is C27H28FNO3. The number of ether oxygens (including phenoxy) is 1. The molecule has 1 aliphatic carbocycles. The van der Waals surface area contributed by atoms with Crippen molar-refractivity contribution in [3.05, 3.63) is 94.1 Å². The van der Waals surface area contributed by atoms with Crippen LogP contribution in [0.3, 0.4) is 0 Å². The van der Waals surface area contributed by atoms with E-state index in [2.05, 4.69) is 19.2 Å². The molecule has 0 bridgehead atoms. The molecule has 0 saturated carbocycles. The molecular weight excluding hydrogens is 405 g/mol. The Balaban J connectivity index is 1.66. The number of nitrogens with one attached hydrogen (secondary N) is 1. The minimum Gasteiger partial charge on any atom is -0.462 e. The van der Waals surface area contributed by atoms with Crippen LogP contribution in [-0.2, 0) is 20.7 Å². The summed E-state index contributed by atoms with van der Waals surface area (Å²) in [5, 5.41) is 3.32. The van der Waals surface area contributed by atoms with Gasteiger partial charge < -0.3 is 10.1 Å². The molecule has 2 aromatic carbocycles. The van der Waals surface area contributed by atoms with Crippen LogP contribution in [0.15, 0.2) is 77.1 Å². The van der Waals surface area contributed by atoms with Crippen molar-refractivity contribution >= 4 is 11.8 Å². The summed E-state index contributed by atoms with van der Waals surface area (Å²) in [7, 11) is 0. The summed E-state index contributed by atoms with van der Waals surface area (Å²) in [5.41, 5.74) is 4.16. The number of hydrogen-bond acceptors (Lipinski definition) is 4. The minimum atomic E-state index is -0.570. The first kappa shape index (κ1) is 22.0. The molecule has 0 aromatic heterocycles. The summed E-state index contributed by atoms with van der Waals surface area (Å²) in [6.07, 6.45) is 1.72. The number of hydrogen-bond donors (Lipinski definition) is 1. The van der Waals surface area contributed by atoms with Crippen molar-refractivity contribution in [2.24, 2.45) is 5.41 Å². The Hall–Kier alpha value is -3.21. The molecule has 0 amide bonds. The van der Waals surface area contributed by atoms with Crippen molar-refractivity contribution < 1.29 is 18.7 Å². The molecule has 1 aliphatic heterocycles. The average Bonchev–Trinajstić information content (AvgIpc) is 2.73. The third kappa shape index (κ3) is 4.52. The minimum absolute atomic E-state index is 0.0140. The van der Waals surface area contributed by atoms with Gasteiger partial charge in [0.1, 0.15) is 5.82 Å². The maximum Gasteiger partial charge on any atom is 0.336 e. The van der Waals surface area contributed by atoms with Gasteiger partial charge in [-0.2, -0.15) is 0 Å². The first-order chi connectivity index (χ1) is 15.2. The third-order valence-electron chi connectivity index (χ3n) is 6.13. The molecule has 0 spiro atoms. The van der Waals surface area contributed by atoms with Crippen molar-refractivity contribution in [1.82, 2.24) is 5.32 Å².